The summed E-state index contributed by atoms with van der Waals surface area (Å²) in [5.74, 6) is -2.69. The quantitative estimate of drug-likeness (QED) is 0.217. The number of benzene rings is 3. The van der Waals surface area contributed by atoms with E-state index in [4.69, 9.17) is 27.9 Å². The number of ether oxygens (including phenoxy) is 1. The second kappa shape index (κ2) is 10.8. The van der Waals surface area contributed by atoms with E-state index in [0.29, 0.717) is 22.7 Å². The SMILES string of the molecule is COc1cc([N+](=O)[O-])ccc1NC(=O)[C@@H]1N[C@@H](CC(C)(C)C)[C@@]2(C(=O)Nc3cc(Cl)ccc32)[C@H]1c1cccc(Cl)c1F. The smallest absolute Gasteiger partial charge is 0.273 e. The highest BCUT2D eigenvalue weighted by atomic mass is 35.5. The summed E-state index contributed by atoms with van der Waals surface area (Å²) in [5, 5.41) is 20.6. The number of anilines is 2. The van der Waals surface area contributed by atoms with Crippen molar-refractivity contribution in [3.8, 4) is 5.75 Å². The molecule has 2 aliphatic rings. The molecule has 2 heterocycles. The highest BCUT2D eigenvalue weighted by Crippen LogP contribution is 2.57. The molecule has 1 saturated heterocycles. The fourth-order valence-electron chi connectivity index (χ4n) is 6.26. The van der Waals surface area contributed by atoms with Crippen LogP contribution in [-0.2, 0) is 15.0 Å². The van der Waals surface area contributed by atoms with Crippen LogP contribution in [0.25, 0.3) is 0 Å². The molecule has 0 unspecified atom stereocenters. The minimum absolute atomic E-state index is 0.0700. The lowest BCUT2D eigenvalue weighted by Crippen LogP contribution is -2.49. The van der Waals surface area contributed by atoms with Gasteiger partial charge in [-0.15, -0.1) is 0 Å². The van der Waals surface area contributed by atoms with Gasteiger partial charge in [-0.05, 0) is 47.2 Å². The van der Waals surface area contributed by atoms with Crippen LogP contribution in [0.3, 0.4) is 0 Å². The number of non-ortho nitro benzene ring substituents is 1. The maximum absolute atomic E-state index is 15.9. The summed E-state index contributed by atoms with van der Waals surface area (Å²) < 4.78 is 21.2. The van der Waals surface area contributed by atoms with E-state index in [0.717, 1.165) is 0 Å². The van der Waals surface area contributed by atoms with Crippen molar-refractivity contribution in [3.05, 3.63) is 91.7 Å². The molecule has 0 radical (unpaired) electrons. The summed E-state index contributed by atoms with van der Waals surface area (Å²) in [4.78, 5) is 39.0. The Balaban J connectivity index is 1.70. The standard InChI is InChI=1S/C30H29Cl2FN4O5/c1-29(2,3)14-23-30(18-10-8-15(31)12-21(18)35-28(30)39)24(17-6-5-7-19(32)25(17)33)26(36-23)27(38)34-20-11-9-16(37(40)41)13-22(20)42-4/h5-13,23-24,26,36H,14H2,1-4H3,(H,34,38)(H,35,39)/t23-,24-,26+,30+/m0/s1. The zero-order valence-electron chi connectivity index (χ0n) is 23.3. The third-order valence-corrected chi connectivity index (χ3v) is 8.40. The molecule has 0 bridgehead atoms. The molecule has 5 rings (SSSR count). The normalized spacial score (nSPS) is 23.0. The van der Waals surface area contributed by atoms with Gasteiger partial charge in [-0.2, -0.15) is 0 Å². The number of carbonyl (C=O) groups is 2. The van der Waals surface area contributed by atoms with Crippen molar-refractivity contribution in [3.63, 3.8) is 0 Å². The molecule has 1 spiro atoms. The number of nitrogens with one attached hydrogen (secondary N) is 3. The predicted molar refractivity (Wildman–Crippen MR) is 159 cm³/mol. The molecular weight excluding hydrogens is 586 g/mol. The first-order valence-electron chi connectivity index (χ1n) is 13.2. The minimum atomic E-state index is -1.42. The Kier molecular flexibility index (Phi) is 7.67. The van der Waals surface area contributed by atoms with Crippen molar-refractivity contribution in [2.24, 2.45) is 5.41 Å². The lowest BCUT2D eigenvalue weighted by molar-refractivity contribution is -0.384. The average molecular weight is 615 g/mol. The molecule has 2 amide bonds. The number of carbonyl (C=O) groups excluding carboxylic acids is 2. The number of amides is 2. The van der Waals surface area contributed by atoms with Crippen molar-refractivity contribution in [1.29, 1.82) is 0 Å². The van der Waals surface area contributed by atoms with Gasteiger partial charge in [0.2, 0.25) is 11.8 Å². The molecule has 3 aromatic rings. The third kappa shape index (κ3) is 4.97. The molecule has 3 N–H and O–H groups in total. The number of fused-ring (bicyclic) bond motifs is 2. The number of hydrogen-bond donors (Lipinski definition) is 3. The van der Waals surface area contributed by atoms with Crippen molar-refractivity contribution >= 4 is 52.1 Å². The topological polar surface area (TPSA) is 123 Å². The van der Waals surface area contributed by atoms with Crippen LogP contribution in [0.4, 0.5) is 21.5 Å². The van der Waals surface area contributed by atoms with Crippen molar-refractivity contribution < 1.29 is 23.6 Å². The van der Waals surface area contributed by atoms with Gasteiger partial charge in [0.05, 0.1) is 34.9 Å². The van der Waals surface area contributed by atoms with Gasteiger partial charge < -0.3 is 20.7 Å². The van der Waals surface area contributed by atoms with Crippen LogP contribution in [0.1, 0.15) is 44.2 Å². The lowest BCUT2D eigenvalue weighted by Gasteiger charge is -2.37. The Labute approximate surface area is 251 Å². The van der Waals surface area contributed by atoms with Gasteiger partial charge in [0.1, 0.15) is 17.0 Å². The van der Waals surface area contributed by atoms with Gasteiger partial charge in [-0.3, -0.25) is 19.7 Å². The van der Waals surface area contributed by atoms with E-state index >= 15 is 4.39 Å². The Hall–Kier alpha value is -3.73. The van der Waals surface area contributed by atoms with Crippen LogP contribution in [0, 0.1) is 21.3 Å². The Morgan fingerprint density at radius 3 is 2.57 bits per heavy atom. The van der Waals surface area contributed by atoms with Crippen LogP contribution in [0.5, 0.6) is 5.75 Å². The van der Waals surface area contributed by atoms with E-state index in [2.05, 4.69) is 16.0 Å². The van der Waals surface area contributed by atoms with E-state index in [1.807, 2.05) is 20.8 Å². The number of nitrogens with zero attached hydrogens (tertiary/aromatic N) is 1. The maximum Gasteiger partial charge on any atom is 0.273 e. The Morgan fingerprint density at radius 2 is 1.90 bits per heavy atom. The molecule has 220 valence electrons. The molecule has 4 atom stereocenters. The van der Waals surface area contributed by atoms with Crippen LogP contribution in [-0.4, -0.2) is 35.9 Å². The molecule has 0 saturated carbocycles. The van der Waals surface area contributed by atoms with Crippen LogP contribution in [0.2, 0.25) is 10.0 Å². The number of nitro groups is 1. The molecule has 42 heavy (non-hydrogen) atoms. The van der Waals surface area contributed by atoms with Gasteiger partial charge >= 0.3 is 0 Å². The first-order chi connectivity index (χ1) is 19.8. The molecular formula is C30H29Cl2FN4O5. The van der Waals surface area contributed by atoms with Gasteiger partial charge in [0, 0.05) is 28.7 Å². The van der Waals surface area contributed by atoms with Crippen LogP contribution < -0.4 is 20.7 Å². The summed E-state index contributed by atoms with van der Waals surface area (Å²) in [6.45, 7) is 6.05. The second-order valence-electron chi connectivity index (χ2n) is 11.7. The van der Waals surface area contributed by atoms with Crippen molar-refractivity contribution in [2.75, 3.05) is 17.7 Å². The average Bonchev–Trinajstić information content (AvgIpc) is 3.39. The number of nitro benzene ring substituents is 1. The fraction of sp³-hybridized carbons (Fsp3) is 0.333. The fourth-order valence-corrected chi connectivity index (χ4v) is 6.61. The molecule has 3 aromatic carbocycles. The van der Waals surface area contributed by atoms with Crippen LogP contribution >= 0.6 is 23.2 Å². The summed E-state index contributed by atoms with van der Waals surface area (Å²) in [6.07, 6.45) is 0.450. The summed E-state index contributed by atoms with van der Waals surface area (Å²) in [7, 11) is 1.33. The molecule has 0 aliphatic carbocycles. The summed E-state index contributed by atoms with van der Waals surface area (Å²) in [5.41, 5.74) is -0.586. The van der Waals surface area contributed by atoms with Gasteiger partial charge in [0.25, 0.3) is 5.69 Å². The molecule has 0 aromatic heterocycles. The minimum Gasteiger partial charge on any atom is -0.494 e. The molecule has 2 aliphatic heterocycles. The monoisotopic (exact) mass is 614 g/mol. The van der Waals surface area contributed by atoms with E-state index in [-0.39, 0.29) is 33.1 Å². The third-order valence-electron chi connectivity index (χ3n) is 7.87. The van der Waals surface area contributed by atoms with Crippen molar-refractivity contribution in [2.45, 2.75) is 50.6 Å². The van der Waals surface area contributed by atoms with Gasteiger partial charge in [-0.1, -0.05) is 62.2 Å². The molecule has 12 heteroatoms. The highest BCUT2D eigenvalue weighted by Gasteiger charge is 2.66. The first-order valence-corrected chi connectivity index (χ1v) is 14.0. The largest absolute Gasteiger partial charge is 0.494 e. The van der Waals surface area contributed by atoms with E-state index in [1.54, 1.807) is 24.3 Å². The Bertz CT molecular complexity index is 1610. The Morgan fingerprint density at radius 1 is 1.17 bits per heavy atom. The first kappa shape index (κ1) is 29.8. The number of hydrogen-bond acceptors (Lipinski definition) is 6. The van der Waals surface area contributed by atoms with Crippen LogP contribution in [0.15, 0.2) is 54.6 Å². The molecule has 1 fully saturated rings. The van der Waals surface area contributed by atoms with E-state index in [9.17, 15) is 19.7 Å². The number of methoxy groups -OCH3 is 1. The predicted octanol–water partition coefficient (Wildman–Crippen LogP) is 6.44. The van der Waals surface area contributed by atoms with Crippen molar-refractivity contribution in [1.82, 2.24) is 5.32 Å². The maximum atomic E-state index is 15.9. The zero-order valence-corrected chi connectivity index (χ0v) is 24.8. The van der Waals surface area contributed by atoms with Gasteiger partial charge in [-0.25, -0.2) is 4.39 Å². The van der Waals surface area contributed by atoms with E-state index < -0.39 is 46.0 Å². The number of rotatable bonds is 6. The highest BCUT2D eigenvalue weighted by molar-refractivity contribution is 6.31. The second-order valence-corrected chi connectivity index (χ2v) is 12.6. The summed E-state index contributed by atoms with van der Waals surface area (Å²) in [6, 6.07) is 11.6. The molecule has 9 nitrogen and oxygen atoms in total. The van der Waals surface area contributed by atoms with Gasteiger partial charge in [0.15, 0.2) is 0 Å². The zero-order chi connectivity index (χ0) is 30.6. The number of halogens is 3. The lowest BCUT2D eigenvalue weighted by atomic mass is 9.62. The van der Waals surface area contributed by atoms with E-state index in [1.165, 1.54) is 37.4 Å². The summed E-state index contributed by atoms with van der Waals surface area (Å²) >= 11 is 12.5.